The molecule has 2 aliphatic rings. The molecule has 6 heteroatoms. The van der Waals surface area contributed by atoms with Crippen LogP contribution in [0.25, 0.3) is 11.3 Å². The van der Waals surface area contributed by atoms with Crippen LogP contribution in [0.4, 0.5) is 5.69 Å². The van der Waals surface area contributed by atoms with E-state index in [1.54, 1.807) is 0 Å². The van der Waals surface area contributed by atoms with Crippen molar-refractivity contribution in [3.05, 3.63) is 64.7 Å². The van der Waals surface area contributed by atoms with E-state index in [9.17, 15) is 9.90 Å². The minimum Gasteiger partial charge on any atom is -0.487 e. The zero-order chi connectivity index (χ0) is 21.8. The van der Waals surface area contributed by atoms with Gasteiger partial charge in [-0.2, -0.15) is 0 Å². The Labute approximate surface area is 184 Å². The van der Waals surface area contributed by atoms with Crippen molar-refractivity contribution in [2.75, 3.05) is 44.6 Å². The zero-order valence-electron chi connectivity index (χ0n) is 18.4. The number of carbonyl (C=O) groups excluding carboxylic acids is 1. The van der Waals surface area contributed by atoms with Crippen LogP contribution in [0.5, 0.6) is 0 Å². The second-order valence-electron chi connectivity index (χ2n) is 8.01. The van der Waals surface area contributed by atoms with Crippen LogP contribution in [0.1, 0.15) is 36.1 Å². The highest BCUT2D eigenvalue weighted by molar-refractivity contribution is 6.36. The first-order valence-electron chi connectivity index (χ1n) is 11.1. The summed E-state index contributed by atoms with van der Waals surface area (Å²) in [6, 6.07) is 14.1. The minimum atomic E-state index is -0.112. The lowest BCUT2D eigenvalue weighted by molar-refractivity contribution is -0.110. The summed E-state index contributed by atoms with van der Waals surface area (Å²) in [5.74, 6) is 0.552. The number of amides is 1. The van der Waals surface area contributed by atoms with Crippen LogP contribution in [0.3, 0.4) is 0 Å². The molecule has 31 heavy (non-hydrogen) atoms. The number of carbonyl (C=O) groups is 1. The minimum absolute atomic E-state index is 0.112. The van der Waals surface area contributed by atoms with Crippen molar-refractivity contribution in [2.24, 2.45) is 0 Å². The number of anilines is 1. The van der Waals surface area contributed by atoms with Gasteiger partial charge in [-0.15, -0.1) is 0 Å². The lowest BCUT2D eigenvalue weighted by atomic mass is 9.99. The van der Waals surface area contributed by atoms with Gasteiger partial charge < -0.3 is 20.1 Å². The van der Waals surface area contributed by atoms with Crippen molar-refractivity contribution in [1.29, 1.82) is 0 Å². The Morgan fingerprint density at radius 1 is 1.00 bits per heavy atom. The number of aliphatic hydroxyl groups is 1. The molecule has 2 N–H and O–H groups in total. The largest absolute Gasteiger partial charge is 0.487 e. The standard InChI is InChI=1S/C25H31N3O3/c1-3-27(4-2)11-12-28(13-14-29)16-18-9-10-20-19(15-18)17-31-24(20)23-21-7-5-6-8-22(21)26-25(23)30/h5-10,15,29H,3-4,11-14,16-17H2,1-2H3,(H,26,30). The first-order valence-corrected chi connectivity index (χ1v) is 11.1. The summed E-state index contributed by atoms with van der Waals surface area (Å²) in [5, 5.41) is 12.4. The number of para-hydroxylation sites is 1. The molecule has 2 aliphatic heterocycles. The second-order valence-corrected chi connectivity index (χ2v) is 8.01. The molecule has 2 heterocycles. The van der Waals surface area contributed by atoms with Crippen molar-refractivity contribution in [2.45, 2.75) is 27.0 Å². The highest BCUT2D eigenvalue weighted by Gasteiger charge is 2.32. The summed E-state index contributed by atoms with van der Waals surface area (Å²) in [7, 11) is 0. The van der Waals surface area contributed by atoms with Gasteiger partial charge in [-0.05, 0) is 24.7 Å². The average molecular weight is 422 g/mol. The van der Waals surface area contributed by atoms with E-state index in [1.165, 1.54) is 5.56 Å². The Morgan fingerprint density at radius 2 is 1.77 bits per heavy atom. The number of hydrogen-bond donors (Lipinski definition) is 2. The van der Waals surface area contributed by atoms with E-state index in [4.69, 9.17) is 4.74 Å². The van der Waals surface area contributed by atoms with E-state index >= 15 is 0 Å². The Morgan fingerprint density at radius 3 is 2.55 bits per heavy atom. The van der Waals surface area contributed by atoms with Gasteiger partial charge >= 0.3 is 0 Å². The Kier molecular flexibility index (Phi) is 6.70. The van der Waals surface area contributed by atoms with Gasteiger partial charge in [-0.25, -0.2) is 0 Å². The van der Waals surface area contributed by atoms with Gasteiger partial charge in [0, 0.05) is 48.6 Å². The number of nitrogens with zero attached hydrogens (tertiary/aromatic N) is 2. The molecule has 0 bridgehead atoms. The molecule has 0 atom stereocenters. The Hall–Kier alpha value is -2.67. The van der Waals surface area contributed by atoms with E-state index in [1.807, 2.05) is 24.3 Å². The van der Waals surface area contributed by atoms with Crippen LogP contribution in [0.15, 0.2) is 42.5 Å². The van der Waals surface area contributed by atoms with Gasteiger partial charge in [0.05, 0.1) is 12.2 Å². The van der Waals surface area contributed by atoms with Crippen LogP contribution in [0, 0.1) is 0 Å². The highest BCUT2D eigenvalue weighted by Crippen LogP contribution is 2.41. The summed E-state index contributed by atoms with van der Waals surface area (Å²) in [4.78, 5) is 17.3. The monoisotopic (exact) mass is 421 g/mol. The fraction of sp³-hybridized carbons (Fsp3) is 0.400. The van der Waals surface area contributed by atoms with Gasteiger partial charge in [-0.1, -0.05) is 50.2 Å². The molecule has 0 unspecified atom stereocenters. The number of rotatable bonds is 9. The smallest absolute Gasteiger partial charge is 0.260 e. The maximum absolute atomic E-state index is 12.6. The van der Waals surface area contributed by atoms with E-state index in [2.05, 4.69) is 47.2 Å². The van der Waals surface area contributed by atoms with E-state index < -0.39 is 0 Å². The van der Waals surface area contributed by atoms with Crippen molar-refractivity contribution < 1.29 is 14.6 Å². The third-order valence-corrected chi connectivity index (χ3v) is 6.13. The predicted octanol–water partition coefficient (Wildman–Crippen LogP) is 3.17. The van der Waals surface area contributed by atoms with Crippen molar-refractivity contribution >= 4 is 22.9 Å². The second kappa shape index (κ2) is 9.64. The van der Waals surface area contributed by atoms with Crippen LogP contribution < -0.4 is 5.32 Å². The average Bonchev–Trinajstić information content (AvgIpc) is 3.33. The molecular formula is C25H31N3O3. The summed E-state index contributed by atoms with van der Waals surface area (Å²) in [6.45, 7) is 10.4. The summed E-state index contributed by atoms with van der Waals surface area (Å²) >= 11 is 0. The van der Waals surface area contributed by atoms with Crippen LogP contribution in [-0.4, -0.2) is 60.1 Å². The molecule has 4 rings (SSSR count). The summed E-state index contributed by atoms with van der Waals surface area (Å²) in [5.41, 5.74) is 5.62. The Balaban J connectivity index is 1.54. The lowest BCUT2D eigenvalue weighted by Crippen LogP contribution is -2.36. The van der Waals surface area contributed by atoms with Crippen molar-refractivity contribution in [1.82, 2.24) is 9.80 Å². The molecule has 0 aliphatic carbocycles. The van der Waals surface area contributed by atoms with Gasteiger partial charge in [0.15, 0.2) is 0 Å². The molecule has 0 saturated carbocycles. The molecule has 2 aromatic carbocycles. The maximum atomic E-state index is 12.6. The first kappa shape index (κ1) is 21.6. The molecule has 0 radical (unpaired) electrons. The number of fused-ring (bicyclic) bond motifs is 2. The highest BCUT2D eigenvalue weighted by atomic mass is 16.5. The molecule has 0 spiro atoms. The number of hydrogen-bond acceptors (Lipinski definition) is 5. The van der Waals surface area contributed by atoms with E-state index in [-0.39, 0.29) is 12.5 Å². The molecule has 0 aromatic heterocycles. The SMILES string of the molecule is CCN(CC)CCN(CCO)Cc1ccc2c(c1)COC2=C1C(=O)Nc2ccccc21. The number of benzene rings is 2. The normalized spacial score (nSPS) is 17.1. The number of nitrogens with one attached hydrogen (secondary N) is 1. The molecular weight excluding hydrogens is 390 g/mol. The summed E-state index contributed by atoms with van der Waals surface area (Å²) in [6.07, 6.45) is 0. The van der Waals surface area contributed by atoms with E-state index in [0.29, 0.717) is 24.5 Å². The third-order valence-electron chi connectivity index (χ3n) is 6.13. The predicted molar refractivity (Wildman–Crippen MR) is 123 cm³/mol. The van der Waals surface area contributed by atoms with Crippen LogP contribution >= 0.6 is 0 Å². The van der Waals surface area contributed by atoms with Crippen molar-refractivity contribution in [3.63, 3.8) is 0 Å². The van der Waals surface area contributed by atoms with Gasteiger partial charge in [-0.3, -0.25) is 9.69 Å². The molecule has 0 fully saturated rings. The van der Waals surface area contributed by atoms with Crippen LogP contribution in [0.2, 0.25) is 0 Å². The van der Waals surface area contributed by atoms with Crippen molar-refractivity contribution in [3.8, 4) is 0 Å². The quantitative estimate of drug-likeness (QED) is 0.609. The molecule has 164 valence electrons. The molecule has 2 aromatic rings. The first-order chi connectivity index (χ1) is 15.1. The zero-order valence-corrected chi connectivity index (χ0v) is 18.4. The molecule has 1 amide bonds. The van der Waals surface area contributed by atoms with Gasteiger partial charge in [0.1, 0.15) is 12.4 Å². The van der Waals surface area contributed by atoms with Gasteiger partial charge in [0.25, 0.3) is 5.91 Å². The molecule has 6 nitrogen and oxygen atoms in total. The van der Waals surface area contributed by atoms with Crippen LogP contribution in [-0.2, 0) is 22.7 Å². The van der Waals surface area contributed by atoms with E-state index in [0.717, 1.165) is 55.1 Å². The topological polar surface area (TPSA) is 65.0 Å². The molecule has 0 saturated heterocycles. The number of likely N-dealkylation sites (N-methyl/N-ethyl adjacent to an activating group) is 1. The lowest BCUT2D eigenvalue weighted by Gasteiger charge is -2.26. The Bertz CT molecular complexity index is 982. The fourth-order valence-electron chi connectivity index (χ4n) is 4.36. The maximum Gasteiger partial charge on any atom is 0.260 e. The van der Waals surface area contributed by atoms with Gasteiger partial charge in [0.2, 0.25) is 0 Å². The summed E-state index contributed by atoms with van der Waals surface area (Å²) < 4.78 is 6.01. The number of aliphatic hydroxyl groups excluding tert-OH is 1. The number of ether oxygens (including phenoxy) is 1. The fourth-order valence-corrected chi connectivity index (χ4v) is 4.36. The third kappa shape index (κ3) is 4.51.